The number of aliphatic imine (C=N–C) groups is 1. The molecule has 0 fully saturated rings. The summed E-state index contributed by atoms with van der Waals surface area (Å²) in [5.41, 5.74) is 0.807. The van der Waals surface area contributed by atoms with Gasteiger partial charge in [0.2, 0.25) is 0 Å². The van der Waals surface area contributed by atoms with E-state index >= 15 is 0 Å². The van der Waals surface area contributed by atoms with Crippen LogP contribution in [0.1, 0.15) is 6.92 Å². The molecule has 0 aliphatic heterocycles. The average molecular weight is 255 g/mol. The number of nitrogens with zero attached hydrogens (tertiary/aromatic N) is 1. The van der Waals surface area contributed by atoms with Crippen molar-refractivity contribution in [1.29, 1.82) is 0 Å². The summed E-state index contributed by atoms with van der Waals surface area (Å²) >= 11 is 0. The molecule has 0 bridgehead atoms. The fourth-order valence-electron chi connectivity index (χ4n) is 1.41. The standard InChI is InChI=1S/C15H13NOS/c1-13(12-16-14-8-4-2-5-9-14)18(17)15-10-6-3-7-11-15/h2-11H,1H3. The van der Waals surface area contributed by atoms with E-state index in [-0.39, 0.29) is 0 Å². The quantitative estimate of drug-likeness (QED) is 0.769. The second-order valence-corrected chi connectivity index (χ2v) is 5.32. The fraction of sp³-hybridized carbons (Fsp3) is 0.0667. The first-order chi connectivity index (χ1) is 8.77. The lowest BCUT2D eigenvalue weighted by molar-refractivity contribution is 0.687. The van der Waals surface area contributed by atoms with Gasteiger partial charge in [0.05, 0.1) is 21.4 Å². The third-order valence-electron chi connectivity index (χ3n) is 2.33. The van der Waals surface area contributed by atoms with E-state index < -0.39 is 10.8 Å². The van der Waals surface area contributed by atoms with Gasteiger partial charge in [-0.25, -0.2) is 9.20 Å². The summed E-state index contributed by atoms with van der Waals surface area (Å²) in [5, 5.41) is 0. The SMILES string of the molecule is CC(=C=Nc1ccccc1)S(=O)c1ccccc1. The van der Waals surface area contributed by atoms with E-state index in [1.54, 1.807) is 6.92 Å². The predicted molar refractivity (Wildman–Crippen MR) is 75.6 cm³/mol. The van der Waals surface area contributed by atoms with E-state index in [9.17, 15) is 4.21 Å². The Labute approximate surface area is 109 Å². The number of rotatable bonds is 3. The number of benzene rings is 2. The average Bonchev–Trinajstić information content (AvgIpc) is 2.46. The molecule has 0 radical (unpaired) electrons. The van der Waals surface area contributed by atoms with Crippen LogP contribution in [0, 0.1) is 0 Å². The van der Waals surface area contributed by atoms with Gasteiger partial charge in [-0.1, -0.05) is 36.4 Å². The monoisotopic (exact) mass is 255 g/mol. The highest BCUT2D eigenvalue weighted by atomic mass is 32.2. The molecule has 2 rings (SSSR count). The normalized spacial score (nSPS) is 11.4. The molecule has 2 aromatic rings. The Morgan fingerprint density at radius 1 is 1.00 bits per heavy atom. The van der Waals surface area contributed by atoms with Crippen LogP contribution in [-0.4, -0.2) is 10.1 Å². The molecule has 2 nitrogen and oxygen atoms in total. The van der Waals surface area contributed by atoms with Crippen LogP contribution in [0.15, 0.2) is 75.5 Å². The summed E-state index contributed by atoms with van der Waals surface area (Å²) in [7, 11) is -1.19. The lowest BCUT2D eigenvalue weighted by Gasteiger charge is -1.98. The van der Waals surface area contributed by atoms with Crippen molar-refractivity contribution in [3.8, 4) is 0 Å². The first-order valence-corrected chi connectivity index (χ1v) is 6.74. The maximum absolute atomic E-state index is 12.1. The van der Waals surface area contributed by atoms with Crippen LogP contribution in [-0.2, 0) is 10.8 Å². The minimum absolute atomic E-state index is 0.616. The van der Waals surface area contributed by atoms with Gasteiger partial charge in [-0.05, 0) is 31.2 Å². The Kier molecular flexibility index (Phi) is 4.24. The van der Waals surface area contributed by atoms with Crippen LogP contribution in [0.25, 0.3) is 0 Å². The van der Waals surface area contributed by atoms with E-state index in [4.69, 9.17) is 0 Å². The maximum Gasteiger partial charge on any atom is 0.0899 e. The third-order valence-corrected chi connectivity index (χ3v) is 3.68. The number of hydrogen-bond donors (Lipinski definition) is 0. The first-order valence-electron chi connectivity index (χ1n) is 5.59. The molecule has 0 aliphatic carbocycles. The Hall–Kier alpha value is -1.96. The lowest BCUT2D eigenvalue weighted by Crippen LogP contribution is -1.92. The van der Waals surface area contributed by atoms with Crippen LogP contribution in [0.3, 0.4) is 0 Å². The van der Waals surface area contributed by atoms with Gasteiger partial charge in [0.1, 0.15) is 0 Å². The molecule has 0 spiro atoms. The highest BCUT2D eigenvalue weighted by Gasteiger charge is 2.04. The molecule has 18 heavy (non-hydrogen) atoms. The Morgan fingerprint density at radius 3 is 2.17 bits per heavy atom. The van der Waals surface area contributed by atoms with Crippen molar-refractivity contribution in [2.45, 2.75) is 11.8 Å². The minimum atomic E-state index is -1.19. The largest absolute Gasteiger partial charge is 0.249 e. The van der Waals surface area contributed by atoms with Crippen molar-refractivity contribution in [2.24, 2.45) is 4.99 Å². The van der Waals surface area contributed by atoms with Crippen LogP contribution < -0.4 is 0 Å². The molecule has 0 N–H and O–H groups in total. The fourth-order valence-corrected chi connectivity index (χ4v) is 2.29. The lowest BCUT2D eigenvalue weighted by atomic mass is 10.3. The van der Waals surface area contributed by atoms with Crippen molar-refractivity contribution in [1.82, 2.24) is 0 Å². The zero-order valence-corrected chi connectivity index (χ0v) is 10.9. The van der Waals surface area contributed by atoms with Crippen molar-refractivity contribution in [2.75, 3.05) is 0 Å². The molecular formula is C15H13NOS. The van der Waals surface area contributed by atoms with Gasteiger partial charge in [-0.2, -0.15) is 0 Å². The van der Waals surface area contributed by atoms with E-state index in [0.717, 1.165) is 10.6 Å². The van der Waals surface area contributed by atoms with E-state index in [2.05, 4.69) is 10.9 Å². The molecule has 0 aliphatic rings. The van der Waals surface area contributed by atoms with Gasteiger partial charge < -0.3 is 0 Å². The Bertz CT molecular complexity index is 599. The predicted octanol–water partition coefficient (Wildman–Crippen LogP) is 3.70. The highest BCUT2D eigenvalue weighted by Crippen LogP contribution is 2.12. The summed E-state index contributed by atoms with van der Waals surface area (Å²) in [6.45, 7) is 1.77. The number of para-hydroxylation sites is 1. The van der Waals surface area contributed by atoms with Crippen LogP contribution in [0.4, 0.5) is 5.69 Å². The molecule has 0 amide bonds. The molecule has 1 atom stereocenters. The van der Waals surface area contributed by atoms with Crippen molar-refractivity contribution in [3.05, 3.63) is 65.6 Å². The molecule has 3 heteroatoms. The summed E-state index contributed by atoms with van der Waals surface area (Å²) in [6.07, 6.45) is 0. The first kappa shape index (κ1) is 12.5. The minimum Gasteiger partial charge on any atom is -0.249 e. The Balaban J connectivity index is 2.24. The maximum atomic E-state index is 12.1. The van der Waals surface area contributed by atoms with Gasteiger partial charge in [0, 0.05) is 10.8 Å². The zero-order chi connectivity index (χ0) is 12.8. The smallest absolute Gasteiger partial charge is 0.0899 e. The van der Waals surface area contributed by atoms with Crippen molar-refractivity contribution in [3.63, 3.8) is 0 Å². The Morgan fingerprint density at radius 2 is 1.56 bits per heavy atom. The van der Waals surface area contributed by atoms with E-state index in [1.807, 2.05) is 60.7 Å². The van der Waals surface area contributed by atoms with Crippen LogP contribution >= 0.6 is 0 Å². The summed E-state index contributed by atoms with van der Waals surface area (Å²) in [4.78, 5) is 5.56. The van der Waals surface area contributed by atoms with E-state index in [1.165, 1.54) is 0 Å². The van der Waals surface area contributed by atoms with E-state index in [0.29, 0.717) is 4.91 Å². The summed E-state index contributed by atoms with van der Waals surface area (Å²) < 4.78 is 12.1. The van der Waals surface area contributed by atoms with Gasteiger partial charge in [0.25, 0.3) is 0 Å². The van der Waals surface area contributed by atoms with Crippen LogP contribution in [0.5, 0.6) is 0 Å². The number of allylic oxidation sites excluding steroid dienone is 1. The zero-order valence-electron chi connectivity index (χ0n) is 10.0. The molecule has 90 valence electrons. The molecule has 2 aromatic carbocycles. The van der Waals surface area contributed by atoms with Gasteiger partial charge in [-0.15, -0.1) is 0 Å². The molecule has 0 heterocycles. The molecule has 0 saturated carbocycles. The molecule has 1 unspecified atom stereocenters. The van der Waals surface area contributed by atoms with Crippen molar-refractivity contribution < 1.29 is 4.21 Å². The topological polar surface area (TPSA) is 29.4 Å². The second kappa shape index (κ2) is 6.10. The van der Waals surface area contributed by atoms with Gasteiger partial charge in [0.15, 0.2) is 0 Å². The molecule has 0 aromatic heterocycles. The third kappa shape index (κ3) is 3.27. The summed E-state index contributed by atoms with van der Waals surface area (Å²) in [6, 6.07) is 18.8. The highest BCUT2D eigenvalue weighted by molar-refractivity contribution is 7.89. The molecule has 0 saturated heterocycles. The van der Waals surface area contributed by atoms with Crippen LogP contribution in [0.2, 0.25) is 0 Å². The molecular weight excluding hydrogens is 242 g/mol. The number of hydrogen-bond acceptors (Lipinski definition) is 2. The second-order valence-electron chi connectivity index (χ2n) is 3.70. The van der Waals surface area contributed by atoms with Gasteiger partial charge in [-0.3, -0.25) is 0 Å². The van der Waals surface area contributed by atoms with Gasteiger partial charge >= 0.3 is 0 Å². The van der Waals surface area contributed by atoms with Crippen molar-refractivity contribution >= 4 is 22.4 Å². The summed E-state index contributed by atoms with van der Waals surface area (Å²) in [5.74, 6) is 2.84.